The number of rotatable bonds is 6. The van der Waals surface area contributed by atoms with Crippen molar-refractivity contribution in [3.63, 3.8) is 0 Å². The molecule has 0 amide bonds. The maximum Gasteiger partial charge on any atom is 0.391 e. The molecule has 0 bridgehead atoms. The highest BCUT2D eigenvalue weighted by Crippen LogP contribution is 2.30. The number of carbonyl (C=O) groups excluding carboxylic acids is 2. The van der Waals surface area contributed by atoms with Gasteiger partial charge in [0, 0.05) is 9.99 Å². The number of hydrogen-bond donors (Lipinski definition) is 0. The topological polar surface area (TPSA) is 101 Å². The first kappa shape index (κ1) is 21.4. The number of alkyl halides is 2. The van der Waals surface area contributed by atoms with Crippen LogP contribution in [0.3, 0.4) is 0 Å². The molecule has 1 aromatic rings. The van der Waals surface area contributed by atoms with Crippen molar-refractivity contribution in [3.05, 3.63) is 22.8 Å². The van der Waals surface area contributed by atoms with E-state index in [0.717, 1.165) is 3.57 Å². The fourth-order valence-corrected chi connectivity index (χ4v) is 5.48. The van der Waals surface area contributed by atoms with Gasteiger partial charge in [0.15, 0.2) is 15.9 Å². The third kappa shape index (κ3) is 5.67. The second-order valence-corrected chi connectivity index (χ2v) is 9.06. The fraction of sp³-hybridized carbons (Fsp3) is 0.273. The maximum atomic E-state index is 13.0. The van der Waals surface area contributed by atoms with Crippen LogP contribution in [0.4, 0.5) is 8.78 Å². The Balaban J connectivity index is 2.75. The third-order valence-electron chi connectivity index (χ3n) is 2.37. The lowest BCUT2D eigenvalue weighted by Gasteiger charge is -2.18. The Bertz CT molecular complexity index is 727. The number of halogens is 5. The van der Waals surface area contributed by atoms with Crippen LogP contribution in [0.1, 0.15) is 12.8 Å². The Morgan fingerprint density at radius 3 is 2.04 bits per heavy atom. The Kier molecular flexibility index (Phi) is 7.55. The molecule has 0 aliphatic heterocycles. The normalized spacial score (nSPS) is 12.1. The van der Waals surface area contributed by atoms with Crippen LogP contribution in [0.15, 0.2) is 12.1 Å². The number of benzene rings is 1. The molecule has 0 saturated carbocycles. The zero-order valence-corrected chi connectivity index (χ0v) is 18.1. The predicted octanol–water partition coefficient (Wildman–Crippen LogP) is 2.89. The summed E-state index contributed by atoms with van der Waals surface area (Å²) in [4.78, 5) is 22.7. The second-order valence-electron chi connectivity index (χ2n) is 4.07. The lowest BCUT2D eigenvalue weighted by atomic mass is 10.2. The van der Waals surface area contributed by atoms with Crippen molar-refractivity contribution >= 4 is 89.6 Å². The molecule has 0 aliphatic carbocycles. The van der Waals surface area contributed by atoms with Gasteiger partial charge in [0.1, 0.15) is 0 Å². The van der Waals surface area contributed by atoms with Gasteiger partial charge >= 0.3 is 11.2 Å². The van der Waals surface area contributed by atoms with E-state index >= 15 is 0 Å². The minimum Gasteiger partial charge on any atom is -0.743 e. The Hall–Kier alpha value is 0.320. The zero-order valence-electron chi connectivity index (χ0n) is 10.8. The summed E-state index contributed by atoms with van der Waals surface area (Å²) in [6.45, 7) is 0. The molecule has 23 heavy (non-hydrogen) atoms. The third-order valence-corrected chi connectivity index (χ3v) is 5.45. The van der Waals surface area contributed by atoms with Crippen LogP contribution in [-0.4, -0.2) is 30.0 Å². The molecule has 12 heteroatoms. The van der Waals surface area contributed by atoms with E-state index in [1.165, 1.54) is 0 Å². The van der Waals surface area contributed by atoms with E-state index in [1.54, 1.807) is 12.1 Å². The number of carbonyl (C=O) groups is 2. The van der Waals surface area contributed by atoms with Crippen LogP contribution >= 0.6 is 67.8 Å². The number of Topliss-reactive ketones (excluding diaryl/α,β-unsaturated/α-hetero) is 1. The molecule has 0 spiro atoms. The molecule has 1 rings (SSSR count). The van der Waals surface area contributed by atoms with E-state index < -0.39 is 40.0 Å². The molecule has 0 N–H and O–H groups in total. The summed E-state index contributed by atoms with van der Waals surface area (Å²) in [5.41, 5.74) is 0. The standard InChI is InChI=1S/C11H7F2I3O6S/c12-11(13,23(19,20)21)8(17)1-2-9(18)22-10-6(15)3-5(14)4-7(10)16/h3-4H,1-2H2,(H,19,20,21)/p-1. The second kappa shape index (κ2) is 8.13. The summed E-state index contributed by atoms with van der Waals surface area (Å²) in [5, 5.41) is -5.06. The first-order chi connectivity index (χ1) is 10.4. The van der Waals surface area contributed by atoms with Crippen molar-refractivity contribution < 1.29 is 36.1 Å². The summed E-state index contributed by atoms with van der Waals surface area (Å²) in [7, 11) is -6.11. The molecule has 6 nitrogen and oxygen atoms in total. The van der Waals surface area contributed by atoms with Gasteiger partial charge in [-0.2, -0.15) is 8.78 Å². The van der Waals surface area contributed by atoms with Gasteiger partial charge in [-0.05, 0) is 79.9 Å². The van der Waals surface area contributed by atoms with E-state index in [2.05, 4.69) is 22.6 Å². The quantitative estimate of drug-likeness (QED) is 0.198. The summed E-state index contributed by atoms with van der Waals surface area (Å²) >= 11 is 5.89. The Labute approximate surface area is 170 Å². The van der Waals surface area contributed by atoms with Gasteiger partial charge in [0.2, 0.25) is 5.78 Å². The predicted molar refractivity (Wildman–Crippen MR) is 99.1 cm³/mol. The molecule has 0 atom stereocenters. The molecule has 0 fully saturated rings. The highest BCUT2D eigenvalue weighted by atomic mass is 127. The Morgan fingerprint density at radius 2 is 1.61 bits per heavy atom. The molecular weight excluding hydrogens is 679 g/mol. The minimum absolute atomic E-state index is 0.215. The van der Waals surface area contributed by atoms with Crippen molar-refractivity contribution in [2.45, 2.75) is 18.1 Å². The average Bonchev–Trinajstić information content (AvgIpc) is 2.38. The summed E-state index contributed by atoms with van der Waals surface area (Å²) in [6.07, 6.45) is -1.90. The number of esters is 1. The molecule has 0 aromatic heterocycles. The first-order valence-corrected chi connectivity index (χ1v) is 10.2. The SMILES string of the molecule is O=C(CCC(=O)C(F)(F)S(=O)(=O)[O-])Oc1c(I)cc(I)cc1I. The molecule has 1 aromatic carbocycles. The minimum atomic E-state index is -6.11. The van der Waals surface area contributed by atoms with Gasteiger partial charge in [-0.25, -0.2) is 8.42 Å². The van der Waals surface area contributed by atoms with Crippen molar-refractivity contribution in [1.29, 1.82) is 0 Å². The van der Waals surface area contributed by atoms with E-state index in [-0.39, 0.29) is 5.75 Å². The van der Waals surface area contributed by atoms with Crippen LogP contribution in [0, 0.1) is 10.7 Å². The highest BCUT2D eigenvalue weighted by molar-refractivity contribution is 14.1. The lowest BCUT2D eigenvalue weighted by Crippen LogP contribution is -2.37. The van der Waals surface area contributed by atoms with Crippen LogP contribution < -0.4 is 4.74 Å². The number of ketones is 1. The van der Waals surface area contributed by atoms with Crippen LogP contribution in [-0.2, 0) is 19.7 Å². The van der Waals surface area contributed by atoms with E-state index in [9.17, 15) is 31.3 Å². The van der Waals surface area contributed by atoms with E-state index in [0.29, 0.717) is 7.14 Å². The molecule has 0 heterocycles. The van der Waals surface area contributed by atoms with E-state index in [1.807, 2.05) is 45.2 Å². The number of ether oxygens (including phenoxy) is 1. The zero-order chi connectivity index (χ0) is 18.0. The largest absolute Gasteiger partial charge is 0.743 e. The van der Waals surface area contributed by atoms with Crippen LogP contribution in [0.25, 0.3) is 0 Å². The van der Waals surface area contributed by atoms with Crippen molar-refractivity contribution in [1.82, 2.24) is 0 Å². The van der Waals surface area contributed by atoms with E-state index in [4.69, 9.17) is 4.74 Å². The van der Waals surface area contributed by atoms with Crippen molar-refractivity contribution in [2.75, 3.05) is 0 Å². The molecule has 0 aliphatic rings. The monoisotopic (exact) mass is 685 g/mol. The summed E-state index contributed by atoms with van der Waals surface area (Å²) in [6, 6.07) is 3.43. The average molecular weight is 685 g/mol. The van der Waals surface area contributed by atoms with Gasteiger partial charge in [-0.3, -0.25) is 9.59 Å². The maximum absolute atomic E-state index is 13.0. The molecule has 0 unspecified atom stereocenters. The van der Waals surface area contributed by atoms with Gasteiger partial charge in [0.05, 0.1) is 13.6 Å². The lowest BCUT2D eigenvalue weighted by molar-refractivity contribution is -0.140. The number of hydrogen-bond acceptors (Lipinski definition) is 6. The first-order valence-electron chi connectivity index (χ1n) is 5.58. The fourth-order valence-electron chi connectivity index (χ4n) is 1.29. The molecule has 128 valence electrons. The van der Waals surface area contributed by atoms with Gasteiger partial charge in [-0.15, -0.1) is 0 Å². The molecular formula is C11H6F2I3O6S-. The Morgan fingerprint density at radius 1 is 1.13 bits per heavy atom. The van der Waals surface area contributed by atoms with Crippen molar-refractivity contribution in [2.24, 2.45) is 0 Å². The summed E-state index contributed by atoms with van der Waals surface area (Å²) < 4.78 is 64.0. The van der Waals surface area contributed by atoms with Gasteiger partial charge < -0.3 is 9.29 Å². The van der Waals surface area contributed by atoms with Gasteiger partial charge in [0.25, 0.3) is 0 Å². The highest BCUT2D eigenvalue weighted by Gasteiger charge is 2.45. The smallest absolute Gasteiger partial charge is 0.391 e. The molecule has 0 radical (unpaired) electrons. The summed E-state index contributed by atoms with van der Waals surface area (Å²) in [5.74, 6) is -2.92. The van der Waals surface area contributed by atoms with Crippen molar-refractivity contribution in [3.8, 4) is 5.75 Å². The van der Waals surface area contributed by atoms with Gasteiger partial charge in [-0.1, -0.05) is 0 Å². The van der Waals surface area contributed by atoms with Crippen LogP contribution in [0.5, 0.6) is 5.75 Å². The van der Waals surface area contributed by atoms with Crippen LogP contribution in [0.2, 0.25) is 0 Å². The molecule has 0 saturated heterocycles.